The molecule has 3 heterocycles. The molecule has 0 unspecified atom stereocenters. The van der Waals surface area contributed by atoms with E-state index in [4.69, 9.17) is 4.52 Å². The van der Waals surface area contributed by atoms with Crippen molar-refractivity contribution in [3.63, 3.8) is 0 Å². The van der Waals surface area contributed by atoms with Gasteiger partial charge in [0.1, 0.15) is 5.69 Å². The van der Waals surface area contributed by atoms with Gasteiger partial charge in [-0.05, 0) is 17.9 Å². The van der Waals surface area contributed by atoms with Gasteiger partial charge in [0, 0.05) is 17.8 Å². The first kappa shape index (κ1) is 10.1. The summed E-state index contributed by atoms with van der Waals surface area (Å²) in [7, 11) is 0. The Labute approximate surface area is 101 Å². The van der Waals surface area contributed by atoms with Crippen LogP contribution in [0, 0.1) is 6.92 Å². The molecular formula is C11H8N4OS. The van der Waals surface area contributed by atoms with Crippen LogP contribution in [-0.4, -0.2) is 20.1 Å². The molecule has 0 aliphatic heterocycles. The highest BCUT2D eigenvalue weighted by molar-refractivity contribution is 7.08. The van der Waals surface area contributed by atoms with Crippen molar-refractivity contribution in [1.82, 2.24) is 20.1 Å². The molecule has 0 atom stereocenters. The van der Waals surface area contributed by atoms with Crippen LogP contribution in [0.4, 0.5) is 0 Å². The predicted octanol–water partition coefficient (Wildman–Crippen LogP) is 2.56. The lowest BCUT2D eigenvalue weighted by Gasteiger charge is -1.90. The Hall–Kier alpha value is -2.08. The standard InChI is InChI=1S/C11H8N4OS/c1-7-5-17-6-8(7)11-14-10(15-16-11)9-4-12-2-3-13-9/h2-6H,1H3. The van der Waals surface area contributed by atoms with Gasteiger partial charge in [-0.15, -0.1) is 0 Å². The minimum Gasteiger partial charge on any atom is -0.334 e. The van der Waals surface area contributed by atoms with Gasteiger partial charge in [0.2, 0.25) is 5.82 Å². The average Bonchev–Trinajstić information content (AvgIpc) is 2.98. The van der Waals surface area contributed by atoms with E-state index >= 15 is 0 Å². The Morgan fingerprint density at radius 2 is 2.18 bits per heavy atom. The lowest BCUT2D eigenvalue weighted by molar-refractivity contribution is 0.432. The van der Waals surface area contributed by atoms with Crippen molar-refractivity contribution in [2.45, 2.75) is 6.92 Å². The molecule has 0 amide bonds. The minimum atomic E-state index is 0.457. The summed E-state index contributed by atoms with van der Waals surface area (Å²) >= 11 is 1.61. The lowest BCUT2D eigenvalue weighted by atomic mass is 10.2. The van der Waals surface area contributed by atoms with Gasteiger partial charge >= 0.3 is 0 Å². The molecule has 0 aromatic carbocycles. The van der Waals surface area contributed by atoms with Crippen molar-refractivity contribution in [3.8, 4) is 23.0 Å². The molecule has 0 bridgehead atoms. The van der Waals surface area contributed by atoms with Gasteiger partial charge < -0.3 is 4.52 Å². The first-order valence-electron chi connectivity index (χ1n) is 4.98. The molecule has 0 spiro atoms. The normalized spacial score (nSPS) is 10.6. The summed E-state index contributed by atoms with van der Waals surface area (Å²) in [6.07, 6.45) is 4.81. The number of thiophene rings is 1. The van der Waals surface area contributed by atoms with E-state index in [0.29, 0.717) is 17.4 Å². The molecule has 5 nitrogen and oxygen atoms in total. The monoisotopic (exact) mass is 244 g/mol. The SMILES string of the molecule is Cc1cscc1-c1nc(-c2cnccn2)no1. The van der Waals surface area contributed by atoms with E-state index in [1.807, 2.05) is 17.7 Å². The Morgan fingerprint density at radius 1 is 1.24 bits per heavy atom. The fraction of sp³-hybridized carbons (Fsp3) is 0.0909. The maximum absolute atomic E-state index is 5.22. The third kappa shape index (κ3) is 1.83. The highest BCUT2D eigenvalue weighted by atomic mass is 32.1. The molecule has 3 aromatic heterocycles. The Bertz CT molecular complexity index is 632. The second-order valence-corrected chi connectivity index (χ2v) is 4.23. The van der Waals surface area contributed by atoms with Crippen LogP contribution in [-0.2, 0) is 0 Å². The quantitative estimate of drug-likeness (QED) is 0.693. The maximum atomic E-state index is 5.22. The van der Waals surface area contributed by atoms with Crippen LogP contribution in [0.1, 0.15) is 5.56 Å². The number of hydrogen-bond donors (Lipinski definition) is 0. The summed E-state index contributed by atoms with van der Waals surface area (Å²) in [5.74, 6) is 0.975. The Morgan fingerprint density at radius 3 is 2.88 bits per heavy atom. The Kier molecular flexibility index (Phi) is 2.41. The van der Waals surface area contributed by atoms with Crippen LogP contribution >= 0.6 is 11.3 Å². The summed E-state index contributed by atoms with van der Waals surface area (Å²) in [5.41, 5.74) is 2.71. The van der Waals surface area contributed by atoms with E-state index in [9.17, 15) is 0 Å². The molecule has 0 aliphatic rings. The summed E-state index contributed by atoms with van der Waals surface area (Å²) in [4.78, 5) is 12.4. The fourth-order valence-electron chi connectivity index (χ4n) is 1.43. The van der Waals surface area contributed by atoms with Gasteiger partial charge in [0.15, 0.2) is 0 Å². The van der Waals surface area contributed by atoms with Crippen LogP contribution in [0.3, 0.4) is 0 Å². The third-order valence-electron chi connectivity index (χ3n) is 2.30. The van der Waals surface area contributed by atoms with Gasteiger partial charge in [-0.3, -0.25) is 4.98 Å². The largest absolute Gasteiger partial charge is 0.334 e. The number of aryl methyl sites for hydroxylation is 1. The molecule has 0 saturated heterocycles. The number of nitrogens with zero attached hydrogens (tertiary/aromatic N) is 4. The van der Waals surface area contributed by atoms with E-state index in [0.717, 1.165) is 11.1 Å². The molecule has 17 heavy (non-hydrogen) atoms. The number of hydrogen-bond acceptors (Lipinski definition) is 6. The third-order valence-corrected chi connectivity index (χ3v) is 3.17. The molecule has 3 aromatic rings. The average molecular weight is 244 g/mol. The summed E-state index contributed by atoms with van der Waals surface area (Å²) in [5, 5.41) is 7.93. The van der Waals surface area contributed by atoms with Crippen LogP contribution < -0.4 is 0 Å². The van der Waals surface area contributed by atoms with Crippen LogP contribution in [0.2, 0.25) is 0 Å². The fourth-order valence-corrected chi connectivity index (χ4v) is 2.25. The molecule has 0 aliphatic carbocycles. The highest BCUT2D eigenvalue weighted by Crippen LogP contribution is 2.26. The van der Waals surface area contributed by atoms with E-state index in [2.05, 4.69) is 20.1 Å². The van der Waals surface area contributed by atoms with E-state index in [1.54, 1.807) is 29.9 Å². The molecular weight excluding hydrogens is 236 g/mol. The van der Waals surface area contributed by atoms with E-state index in [-0.39, 0.29) is 0 Å². The second-order valence-electron chi connectivity index (χ2n) is 3.48. The Balaban J connectivity index is 2.02. The molecule has 3 rings (SSSR count). The van der Waals surface area contributed by atoms with Crippen molar-refractivity contribution in [1.29, 1.82) is 0 Å². The predicted molar refractivity (Wildman–Crippen MR) is 63.4 cm³/mol. The van der Waals surface area contributed by atoms with Gasteiger partial charge in [0.05, 0.1) is 11.8 Å². The van der Waals surface area contributed by atoms with Crippen molar-refractivity contribution in [2.24, 2.45) is 0 Å². The van der Waals surface area contributed by atoms with E-state index < -0.39 is 0 Å². The molecule has 0 N–H and O–H groups in total. The van der Waals surface area contributed by atoms with Crippen molar-refractivity contribution >= 4 is 11.3 Å². The zero-order chi connectivity index (χ0) is 11.7. The highest BCUT2D eigenvalue weighted by Gasteiger charge is 2.13. The summed E-state index contributed by atoms with van der Waals surface area (Å²) < 4.78 is 5.22. The lowest BCUT2D eigenvalue weighted by Crippen LogP contribution is -1.86. The minimum absolute atomic E-state index is 0.457. The summed E-state index contributed by atoms with van der Waals surface area (Å²) in [6, 6.07) is 0. The topological polar surface area (TPSA) is 64.7 Å². The van der Waals surface area contributed by atoms with E-state index in [1.165, 1.54) is 0 Å². The molecule has 6 heteroatoms. The first-order valence-corrected chi connectivity index (χ1v) is 5.92. The van der Waals surface area contributed by atoms with Gasteiger partial charge in [-0.2, -0.15) is 16.3 Å². The van der Waals surface area contributed by atoms with Crippen LogP contribution in [0.5, 0.6) is 0 Å². The zero-order valence-electron chi connectivity index (χ0n) is 8.99. The van der Waals surface area contributed by atoms with Crippen molar-refractivity contribution in [3.05, 3.63) is 34.9 Å². The molecule has 84 valence electrons. The maximum Gasteiger partial charge on any atom is 0.259 e. The van der Waals surface area contributed by atoms with Gasteiger partial charge in [-0.25, -0.2) is 4.98 Å². The number of aromatic nitrogens is 4. The first-order chi connectivity index (χ1) is 8.34. The number of rotatable bonds is 2. The van der Waals surface area contributed by atoms with Gasteiger partial charge in [-0.1, -0.05) is 5.16 Å². The molecule has 0 radical (unpaired) electrons. The van der Waals surface area contributed by atoms with Crippen molar-refractivity contribution < 1.29 is 4.52 Å². The second kappa shape index (κ2) is 4.06. The van der Waals surface area contributed by atoms with Crippen LogP contribution in [0.25, 0.3) is 23.0 Å². The van der Waals surface area contributed by atoms with Crippen molar-refractivity contribution in [2.75, 3.05) is 0 Å². The molecule has 0 saturated carbocycles. The zero-order valence-corrected chi connectivity index (χ0v) is 9.81. The molecule has 0 fully saturated rings. The summed E-state index contributed by atoms with van der Waals surface area (Å²) in [6.45, 7) is 2.01. The van der Waals surface area contributed by atoms with Crippen LogP contribution in [0.15, 0.2) is 33.9 Å². The van der Waals surface area contributed by atoms with Gasteiger partial charge in [0.25, 0.3) is 5.89 Å². The smallest absolute Gasteiger partial charge is 0.259 e.